The highest BCUT2D eigenvalue weighted by atomic mass is 15.3. The van der Waals surface area contributed by atoms with Gasteiger partial charge in [0, 0.05) is 24.1 Å². The van der Waals surface area contributed by atoms with E-state index in [9.17, 15) is 0 Å². The number of anilines is 1. The number of hydrogen-bond acceptors (Lipinski definition) is 3. The van der Waals surface area contributed by atoms with Gasteiger partial charge in [-0.25, -0.2) is 4.68 Å². The van der Waals surface area contributed by atoms with E-state index in [-0.39, 0.29) is 5.54 Å². The highest BCUT2D eigenvalue weighted by molar-refractivity contribution is 5.34. The van der Waals surface area contributed by atoms with Crippen molar-refractivity contribution in [1.82, 2.24) is 15.1 Å². The Bertz CT molecular complexity index is 408. The topological polar surface area (TPSA) is 55.9 Å². The van der Waals surface area contributed by atoms with Gasteiger partial charge in [-0.1, -0.05) is 13.8 Å². The third kappa shape index (κ3) is 2.69. The van der Waals surface area contributed by atoms with Crippen LogP contribution < -0.4 is 11.1 Å². The SMILES string of the molecule is CC(C)NC1CC(c2cc(N)n(C(C)(C)C)n2)C1. The molecule has 0 aromatic carbocycles. The smallest absolute Gasteiger partial charge is 0.122 e. The zero-order chi connectivity index (χ0) is 13.5. The Morgan fingerprint density at radius 3 is 2.44 bits per heavy atom. The van der Waals surface area contributed by atoms with Gasteiger partial charge >= 0.3 is 0 Å². The maximum atomic E-state index is 6.04. The summed E-state index contributed by atoms with van der Waals surface area (Å²) in [6, 6.07) is 3.26. The monoisotopic (exact) mass is 250 g/mol. The first-order valence-electron chi connectivity index (χ1n) is 6.89. The van der Waals surface area contributed by atoms with E-state index in [0.29, 0.717) is 18.0 Å². The average Bonchev–Trinajstić information content (AvgIpc) is 2.51. The number of rotatable bonds is 3. The van der Waals surface area contributed by atoms with Crippen molar-refractivity contribution >= 4 is 5.82 Å². The molecule has 1 aromatic rings. The first kappa shape index (κ1) is 13.4. The summed E-state index contributed by atoms with van der Waals surface area (Å²) >= 11 is 0. The standard InChI is InChI=1S/C14H26N4/c1-9(2)16-11-6-10(7-11)12-8-13(15)18(17-12)14(3,4)5/h8-11,16H,6-7,15H2,1-5H3. The molecule has 1 aromatic heterocycles. The molecule has 1 saturated carbocycles. The molecule has 1 heterocycles. The summed E-state index contributed by atoms with van der Waals surface area (Å²) in [5.74, 6) is 1.35. The van der Waals surface area contributed by atoms with E-state index >= 15 is 0 Å². The van der Waals surface area contributed by atoms with Gasteiger partial charge in [0.15, 0.2) is 0 Å². The molecule has 1 aliphatic rings. The van der Waals surface area contributed by atoms with Crippen LogP contribution >= 0.6 is 0 Å². The third-order valence-electron chi connectivity index (χ3n) is 3.52. The summed E-state index contributed by atoms with van der Waals surface area (Å²) < 4.78 is 1.94. The molecular weight excluding hydrogens is 224 g/mol. The van der Waals surface area contributed by atoms with E-state index in [2.05, 4.69) is 45.0 Å². The molecule has 0 saturated heterocycles. The lowest BCUT2D eigenvalue weighted by molar-refractivity contribution is 0.266. The first-order chi connectivity index (χ1) is 8.27. The molecule has 0 radical (unpaired) electrons. The molecule has 0 unspecified atom stereocenters. The number of nitrogen functional groups attached to an aromatic ring is 1. The largest absolute Gasteiger partial charge is 0.384 e. The molecule has 2 rings (SSSR count). The van der Waals surface area contributed by atoms with Crippen LogP contribution in [0.2, 0.25) is 0 Å². The minimum absolute atomic E-state index is 0.0400. The second kappa shape index (κ2) is 4.57. The van der Waals surface area contributed by atoms with Crippen LogP contribution in [0.1, 0.15) is 59.1 Å². The van der Waals surface area contributed by atoms with Crippen molar-refractivity contribution in [3.05, 3.63) is 11.8 Å². The Balaban J connectivity index is 2.01. The van der Waals surface area contributed by atoms with Crippen LogP contribution in [0.25, 0.3) is 0 Å². The number of nitrogens with one attached hydrogen (secondary N) is 1. The van der Waals surface area contributed by atoms with Crippen molar-refractivity contribution in [2.24, 2.45) is 0 Å². The summed E-state index contributed by atoms with van der Waals surface area (Å²) in [5.41, 5.74) is 7.16. The predicted octanol–water partition coefficient (Wildman–Crippen LogP) is 2.46. The molecule has 102 valence electrons. The van der Waals surface area contributed by atoms with Crippen molar-refractivity contribution < 1.29 is 0 Å². The van der Waals surface area contributed by atoms with Gasteiger partial charge in [0.2, 0.25) is 0 Å². The predicted molar refractivity (Wildman–Crippen MR) is 75.7 cm³/mol. The van der Waals surface area contributed by atoms with E-state index in [0.717, 1.165) is 11.5 Å². The van der Waals surface area contributed by atoms with Gasteiger partial charge in [0.05, 0.1) is 11.2 Å². The van der Waals surface area contributed by atoms with Crippen molar-refractivity contribution in [3.63, 3.8) is 0 Å². The second-order valence-electron chi connectivity index (χ2n) is 6.76. The molecule has 4 nitrogen and oxygen atoms in total. The maximum absolute atomic E-state index is 6.04. The van der Waals surface area contributed by atoms with Gasteiger partial charge in [-0.3, -0.25) is 0 Å². The van der Waals surface area contributed by atoms with Crippen LogP contribution in [-0.2, 0) is 5.54 Å². The summed E-state index contributed by atoms with van der Waals surface area (Å²) in [6.45, 7) is 10.8. The molecule has 0 amide bonds. The second-order valence-corrected chi connectivity index (χ2v) is 6.76. The normalized spacial score (nSPS) is 24.3. The van der Waals surface area contributed by atoms with Gasteiger partial charge in [0.25, 0.3) is 0 Å². The number of nitrogens with two attached hydrogens (primary N) is 1. The molecular formula is C14H26N4. The minimum atomic E-state index is -0.0400. The van der Waals surface area contributed by atoms with Crippen LogP contribution in [0.15, 0.2) is 6.07 Å². The molecule has 1 fully saturated rings. The summed E-state index contributed by atoms with van der Waals surface area (Å²) in [4.78, 5) is 0. The quantitative estimate of drug-likeness (QED) is 0.866. The van der Waals surface area contributed by atoms with E-state index in [1.165, 1.54) is 12.8 Å². The summed E-state index contributed by atoms with van der Waals surface area (Å²) in [6.07, 6.45) is 2.36. The van der Waals surface area contributed by atoms with Crippen molar-refractivity contribution in [1.29, 1.82) is 0 Å². The molecule has 0 bridgehead atoms. The average molecular weight is 250 g/mol. The zero-order valence-electron chi connectivity index (χ0n) is 12.2. The molecule has 1 aliphatic carbocycles. The Hall–Kier alpha value is -1.03. The highest BCUT2D eigenvalue weighted by Crippen LogP contribution is 2.37. The van der Waals surface area contributed by atoms with Crippen LogP contribution in [0, 0.1) is 0 Å². The lowest BCUT2D eigenvalue weighted by Crippen LogP contribution is -2.43. The number of hydrogen-bond donors (Lipinski definition) is 2. The van der Waals surface area contributed by atoms with Gasteiger partial charge in [-0.05, 0) is 33.6 Å². The Morgan fingerprint density at radius 1 is 1.39 bits per heavy atom. The van der Waals surface area contributed by atoms with Crippen LogP contribution in [-0.4, -0.2) is 21.9 Å². The Kier molecular flexibility index (Phi) is 3.41. The van der Waals surface area contributed by atoms with E-state index < -0.39 is 0 Å². The van der Waals surface area contributed by atoms with Crippen LogP contribution in [0.5, 0.6) is 0 Å². The highest BCUT2D eigenvalue weighted by Gasteiger charge is 2.33. The fourth-order valence-corrected chi connectivity index (χ4v) is 2.62. The van der Waals surface area contributed by atoms with Gasteiger partial charge in [-0.15, -0.1) is 0 Å². The van der Waals surface area contributed by atoms with Crippen molar-refractivity contribution in [3.8, 4) is 0 Å². The maximum Gasteiger partial charge on any atom is 0.122 e. The lowest BCUT2D eigenvalue weighted by Gasteiger charge is -2.36. The van der Waals surface area contributed by atoms with Crippen molar-refractivity contribution in [2.45, 2.75) is 71.0 Å². The molecule has 0 aliphatic heterocycles. The van der Waals surface area contributed by atoms with Gasteiger partial charge in [0.1, 0.15) is 5.82 Å². The van der Waals surface area contributed by atoms with E-state index in [1.807, 2.05) is 10.7 Å². The van der Waals surface area contributed by atoms with Crippen LogP contribution in [0.3, 0.4) is 0 Å². The third-order valence-corrected chi connectivity index (χ3v) is 3.52. The fraction of sp³-hybridized carbons (Fsp3) is 0.786. The summed E-state index contributed by atoms with van der Waals surface area (Å²) in [7, 11) is 0. The molecule has 3 N–H and O–H groups in total. The van der Waals surface area contributed by atoms with Gasteiger partial charge in [-0.2, -0.15) is 5.10 Å². The Labute approximate surface area is 110 Å². The van der Waals surface area contributed by atoms with E-state index in [4.69, 9.17) is 5.73 Å². The fourth-order valence-electron chi connectivity index (χ4n) is 2.62. The minimum Gasteiger partial charge on any atom is -0.384 e. The summed E-state index contributed by atoms with van der Waals surface area (Å²) in [5, 5.41) is 8.25. The van der Waals surface area contributed by atoms with Crippen molar-refractivity contribution in [2.75, 3.05) is 5.73 Å². The van der Waals surface area contributed by atoms with Crippen LogP contribution in [0.4, 0.5) is 5.82 Å². The zero-order valence-corrected chi connectivity index (χ0v) is 12.2. The molecule has 18 heavy (non-hydrogen) atoms. The van der Waals surface area contributed by atoms with Gasteiger partial charge < -0.3 is 11.1 Å². The molecule has 0 spiro atoms. The first-order valence-corrected chi connectivity index (χ1v) is 6.89. The number of aromatic nitrogens is 2. The lowest BCUT2D eigenvalue weighted by atomic mass is 9.78. The van der Waals surface area contributed by atoms with E-state index in [1.54, 1.807) is 0 Å². The molecule has 4 heteroatoms. The molecule has 0 atom stereocenters. The Morgan fingerprint density at radius 2 is 2.00 bits per heavy atom. The number of nitrogens with zero attached hydrogens (tertiary/aromatic N) is 2.